The molecular formula is C25H28FN5O4. The van der Waals surface area contributed by atoms with Crippen LogP contribution in [0.3, 0.4) is 0 Å². The van der Waals surface area contributed by atoms with Crippen LogP contribution in [-0.2, 0) is 11.3 Å². The fourth-order valence-electron chi connectivity index (χ4n) is 5.06. The molecule has 10 heteroatoms. The van der Waals surface area contributed by atoms with Crippen molar-refractivity contribution in [2.24, 2.45) is 5.92 Å². The van der Waals surface area contributed by atoms with Crippen LogP contribution in [-0.4, -0.2) is 75.9 Å². The molecular weight excluding hydrogens is 453 g/mol. The van der Waals surface area contributed by atoms with Crippen LogP contribution in [0.2, 0.25) is 0 Å². The first-order valence-corrected chi connectivity index (χ1v) is 12.0. The lowest BCUT2D eigenvalue weighted by Crippen LogP contribution is -2.44. The van der Waals surface area contributed by atoms with Gasteiger partial charge < -0.3 is 15.0 Å². The van der Waals surface area contributed by atoms with Gasteiger partial charge in [-0.3, -0.25) is 19.5 Å². The van der Waals surface area contributed by atoms with Crippen molar-refractivity contribution in [1.29, 1.82) is 0 Å². The molecule has 184 valence electrons. The van der Waals surface area contributed by atoms with Crippen molar-refractivity contribution in [3.63, 3.8) is 0 Å². The lowest BCUT2D eigenvalue weighted by Gasteiger charge is -2.31. The number of likely N-dealkylation sites (tertiary alicyclic amines) is 1. The van der Waals surface area contributed by atoms with Gasteiger partial charge >= 0.3 is 6.09 Å². The highest BCUT2D eigenvalue weighted by molar-refractivity contribution is 5.98. The van der Waals surface area contributed by atoms with Gasteiger partial charge in [0.1, 0.15) is 17.1 Å². The fourth-order valence-corrected chi connectivity index (χ4v) is 5.06. The minimum Gasteiger partial charge on any atom is -0.441 e. The first-order chi connectivity index (χ1) is 16.9. The number of aromatic nitrogens is 2. The zero-order valence-corrected chi connectivity index (χ0v) is 19.4. The Balaban J connectivity index is 1.14. The topological polar surface area (TPSA) is 105 Å². The second kappa shape index (κ2) is 9.69. The van der Waals surface area contributed by atoms with E-state index in [1.165, 1.54) is 36.7 Å². The molecule has 0 saturated carbocycles. The summed E-state index contributed by atoms with van der Waals surface area (Å²) in [4.78, 5) is 49.9. The van der Waals surface area contributed by atoms with E-state index >= 15 is 0 Å². The van der Waals surface area contributed by atoms with Gasteiger partial charge in [0.15, 0.2) is 5.78 Å². The third kappa shape index (κ3) is 5.02. The van der Waals surface area contributed by atoms with Crippen LogP contribution < -0.4 is 5.32 Å². The summed E-state index contributed by atoms with van der Waals surface area (Å²) in [6.07, 6.45) is 5.30. The average molecular weight is 482 g/mol. The van der Waals surface area contributed by atoms with Crippen molar-refractivity contribution < 1.29 is 23.5 Å². The number of nitrogens with zero attached hydrogens (tertiary/aromatic N) is 4. The summed E-state index contributed by atoms with van der Waals surface area (Å²) >= 11 is 0. The number of Topliss-reactive ketones (excluding diaryl/α,β-unsaturated/α-hetero) is 1. The SMILES string of the molecule is O=C(c1ccc(F)cc1)C1CCN(C(=O)c2cnc(CN3CC4(CCNCC4)OC3=O)cn2)CC1. The van der Waals surface area contributed by atoms with E-state index in [9.17, 15) is 18.8 Å². The van der Waals surface area contributed by atoms with Crippen molar-refractivity contribution in [3.05, 3.63) is 59.4 Å². The number of carbonyl (C=O) groups is 3. The van der Waals surface area contributed by atoms with Crippen LogP contribution in [0.1, 0.15) is 52.2 Å². The molecule has 2 amide bonds. The predicted molar refractivity (Wildman–Crippen MR) is 123 cm³/mol. The number of piperidine rings is 2. The van der Waals surface area contributed by atoms with Gasteiger partial charge in [-0.2, -0.15) is 0 Å². The Kier molecular flexibility index (Phi) is 6.46. The Hall–Kier alpha value is -3.40. The molecule has 1 N–H and O–H groups in total. The van der Waals surface area contributed by atoms with E-state index in [0.29, 0.717) is 43.7 Å². The van der Waals surface area contributed by atoms with E-state index in [2.05, 4.69) is 15.3 Å². The number of ether oxygens (including phenoxy) is 1. The van der Waals surface area contributed by atoms with Gasteiger partial charge in [-0.1, -0.05) is 0 Å². The number of rotatable bonds is 5. The first-order valence-electron chi connectivity index (χ1n) is 12.0. The zero-order valence-electron chi connectivity index (χ0n) is 19.4. The van der Waals surface area contributed by atoms with E-state index in [1.54, 1.807) is 9.80 Å². The summed E-state index contributed by atoms with van der Waals surface area (Å²) < 4.78 is 18.8. The molecule has 4 heterocycles. The summed E-state index contributed by atoms with van der Waals surface area (Å²) in [5.74, 6) is -0.819. The normalized spacial score (nSPS) is 20.2. The summed E-state index contributed by atoms with van der Waals surface area (Å²) in [7, 11) is 0. The Morgan fingerprint density at radius 3 is 2.46 bits per heavy atom. The Bertz CT molecular complexity index is 1090. The number of amides is 2. The number of hydrogen-bond acceptors (Lipinski definition) is 7. The number of nitrogens with one attached hydrogen (secondary N) is 1. The van der Waals surface area contributed by atoms with Crippen LogP contribution in [0.5, 0.6) is 0 Å². The lowest BCUT2D eigenvalue weighted by molar-refractivity contribution is 0.0316. The molecule has 9 nitrogen and oxygen atoms in total. The van der Waals surface area contributed by atoms with Gasteiger partial charge in [0.05, 0.1) is 31.2 Å². The molecule has 1 spiro atoms. The number of benzene rings is 1. The number of carbonyl (C=O) groups excluding carboxylic acids is 3. The maximum Gasteiger partial charge on any atom is 0.410 e. The molecule has 1 aromatic carbocycles. The lowest BCUT2D eigenvalue weighted by atomic mass is 9.89. The van der Waals surface area contributed by atoms with Crippen molar-refractivity contribution >= 4 is 17.8 Å². The minimum atomic E-state index is -0.421. The highest BCUT2D eigenvalue weighted by atomic mass is 19.1. The largest absolute Gasteiger partial charge is 0.441 e. The second-order valence-corrected chi connectivity index (χ2v) is 9.49. The first kappa shape index (κ1) is 23.3. The van der Waals surface area contributed by atoms with E-state index < -0.39 is 5.60 Å². The van der Waals surface area contributed by atoms with Gasteiger partial charge in [-0.15, -0.1) is 0 Å². The number of hydrogen-bond donors (Lipinski definition) is 1. The smallest absolute Gasteiger partial charge is 0.410 e. The molecule has 5 rings (SSSR count). The standard InChI is InChI=1S/C25H28FN5O4/c26-19-3-1-17(2-4-19)22(32)18-5-11-30(12-6-18)23(33)21-14-28-20(13-29-21)15-31-16-25(35-24(31)34)7-9-27-10-8-25/h1-4,13-14,18,27H,5-12,15-16H2. The third-order valence-electron chi connectivity index (χ3n) is 7.11. The van der Waals surface area contributed by atoms with E-state index in [4.69, 9.17) is 4.74 Å². The van der Waals surface area contributed by atoms with Gasteiger partial charge in [-0.25, -0.2) is 14.2 Å². The Morgan fingerprint density at radius 2 is 1.80 bits per heavy atom. The third-order valence-corrected chi connectivity index (χ3v) is 7.11. The Labute approximate surface area is 202 Å². The van der Waals surface area contributed by atoms with Gasteiger partial charge in [0.2, 0.25) is 0 Å². The van der Waals surface area contributed by atoms with E-state index in [-0.39, 0.29) is 41.8 Å². The molecule has 0 aliphatic carbocycles. The van der Waals surface area contributed by atoms with Gasteiger partial charge in [0.25, 0.3) is 5.91 Å². The molecule has 1 aromatic heterocycles. The monoisotopic (exact) mass is 481 g/mol. The molecule has 3 saturated heterocycles. The van der Waals surface area contributed by atoms with Crippen LogP contribution in [0.25, 0.3) is 0 Å². The highest BCUT2D eigenvalue weighted by Gasteiger charge is 2.45. The molecule has 0 radical (unpaired) electrons. The molecule has 3 aliphatic rings. The molecule has 35 heavy (non-hydrogen) atoms. The van der Waals surface area contributed by atoms with Crippen LogP contribution in [0, 0.1) is 11.7 Å². The van der Waals surface area contributed by atoms with Crippen LogP contribution in [0.15, 0.2) is 36.7 Å². The van der Waals surface area contributed by atoms with E-state index in [1.807, 2.05) is 0 Å². The molecule has 0 atom stereocenters. The average Bonchev–Trinajstić information content (AvgIpc) is 3.18. The molecule has 0 unspecified atom stereocenters. The molecule has 0 bridgehead atoms. The zero-order chi connectivity index (χ0) is 24.4. The van der Waals surface area contributed by atoms with E-state index in [0.717, 1.165) is 25.9 Å². The quantitative estimate of drug-likeness (QED) is 0.654. The van der Waals surface area contributed by atoms with Crippen molar-refractivity contribution in [2.45, 2.75) is 37.8 Å². The maximum atomic E-state index is 13.1. The summed E-state index contributed by atoms with van der Waals surface area (Å²) in [6, 6.07) is 5.57. The molecule has 2 aromatic rings. The minimum absolute atomic E-state index is 0.0204. The van der Waals surface area contributed by atoms with Crippen LogP contribution >= 0.6 is 0 Å². The summed E-state index contributed by atoms with van der Waals surface area (Å²) in [5, 5.41) is 3.28. The predicted octanol–water partition coefficient (Wildman–Crippen LogP) is 2.43. The van der Waals surface area contributed by atoms with Gasteiger partial charge in [-0.05, 0) is 50.2 Å². The summed E-state index contributed by atoms with van der Waals surface area (Å²) in [6.45, 7) is 3.35. The number of ketones is 1. The van der Waals surface area contributed by atoms with Crippen LogP contribution in [0.4, 0.5) is 9.18 Å². The molecule has 3 fully saturated rings. The second-order valence-electron chi connectivity index (χ2n) is 9.49. The molecule has 3 aliphatic heterocycles. The number of halogens is 1. The fraction of sp³-hybridized carbons (Fsp3) is 0.480. The van der Waals surface area contributed by atoms with Crippen molar-refractivity contribution in [1.82, 2.24) is 25.1 Å². The summed E-state index contributed by atoms with van der Waals surface area (Å²) in [5.41, 5.74) is 0.894. The highest BCUT2D eigenvalue weighted by Crippen LogP contribution is 2.31. The maximum absolute atomic E-state index is 13.1. The Morgan fingerprint density at radius 1 is 1.09 bits per heavy atom. The van der Waals surface area contributed by atoms with Crippen molar-refractivity contribution in [3.8, 4) is 0 Å². The van der Waals surface area contributed by atoms with Gasteiger partial charge in [0, 0.05) is 37.4 Å². The van der Waals surface area contributed by atoms with Crippen molar-refractivity contribution in [2.75, 3.05) is 32.7 Å².